The van der Waals surface area contributed by atoms with Crippen LogP contribution in [0.3, 0.4) is 0 Å². The molecule has 1 aliphatic carbocycles. The minimum Gasteiger partial charge on any atom is -0.388 e. The summed E-state index contributed by atoms with van der Waals surface area (Å²) in [5, 5.41) is 9.79. The Morgan fingerprint density at radius 3 is 2.69 bits per heavy atom. The molecule has 0 amide bonds. The normalized spacial score (nSPS) is 18.6. The maximum atomic E-state index is 9.79. The van der Waals surface area contributed by atoms with E-state index in [1.54, 1.807) is 0 Å². The molecule has 1 unspecified atom stereocenters. The van der Waals surface area contributed by atoms with E-state index in [4.69, 9.17) is 0 Å². The standard InChI is InChI=1S/C12H16O/c1-2-12(13)11-6-4-3-5-10(11)9-7-8-9/h3-6,9,12-13H,2,7-8H2,1H3. The Bertz CT molecular complexity index is 289. The second-order valence-corrected chi connectivity index (χ2v) is 3.83. The van der Waals surface area contributed by atoms with E-state index in [9.17, 15) is 5.11 Å². The highest BCUT2D eigenvalue weighted by Crippen LogP contribution is 2.43. The zero-order valence-electron chi connectivity index (χ0n) is 8.03. The summed E-state index contributed by atoms with van der Waals surface area (Å²) in [5.41, 5.74) is 2.52. The van der Waals surface area contributed by atoms with Gasteiger partial charge in [-0.1, -0.05) is 31.2 Å². The zero-order chi connectivity index (χ0) is 9.26. The van der Waals surface area contributed by atoms with Crippen molar-refractivity contribution < 1.29 is 5.11 Å². The molecule has 1 aliphatic rings. The first-order valence-electron chi connectivity index (χ1n) is 5.09. The summed E-state index contributed by atoms with van der Waals surface area (Å²) in [5.74, 6) is 0.734. The summed E-state index contributed by atoms with van der Waals surface area (Å²) < 4.78 is 0. The van der Waals surface area contributed by atoms with Gasteiger partial charge in [0.2, 0.25) is 0 Å². The van der Waals surface area contributed by atoms with Crippen LogP contribution in [0.5, 0.6) is 0 Å². The van der Waals surface area contributed by atoms with Crippen LogP contribution in [-0.2, 0) is 0 Å². The first-order valence-corrected chi connectivity index (χ1v) is 5.09. The largest absolute Gasteiger partial charge is 0.388 e. The summed E-state index contributed by atoms with van der Waals surface area (Å²) >= 11 is 0. The Kier molecular flexibility index (Phi) is 2.36. The number of hydrogen-bond donors (Lipinski definition) is 1. The van der Waals surface area contributed by atoms with E-state index in [1.807, 2.05) is 13.0 Å². The van der Waals surface area contributed by atoms with Crippen molar-refractivity contribution in [3.8, 4) is 0 Å². The molecule has 1 heteroatoms. The summed E-state index contributed by atoms with van der Waals surface area (Å²) in [6, 6.07) is 8.30. The maximum Gasteiger partial charge on any atom is 0.0790 e. The van der Waals surface area contributed by atoms with Crippen LogP contribution in [0.25, 0.3) is 0 Å². The fraction of sp³-hybridized carbons (Fsp3) is 0.500. The summed E-state index contributed by atoms with van der Waals surface area (Å²) in [6.45, 7) is 2.02. The minimum absolute atomic E-state index is 0.267. The molecule has 0 radical (unpaired) electrons. The monoisotopic (exact) mass is 176 g/mol. The smallest absolute Gasteiger partial charge is 0.0790 e. The zero-order valence-corrected chi connectivity index (χ0v) is 8.03. The molecule has 0 bridgehead atoms. The molecule has 0 saturated heterocycles. The van der Waals surface area contributed by atoms with Gasteiger partial charge in [-0.3, -0.25) is 0 Å². The van der Waals surface area contributed by atoms with Crippen LogP contribution in [0.4, 0.5) is 0 Å². The molecule has 1 N–H and O–H groups in total. The molecule has 0 aliphatic heterocycles. The first kappa shape index (κ1) is 8.76. The van der Waals surface area contributed by atoms with E-state index in [0.29, 0.717) is 0 Å². The van der Waals surface area contributed by atoms with Gasteiger partial charge < -0.3 is 5.11 Å². The van der Waals surface area contributed by atoms with Crippen LogP contribution in [0.1, 0.15) is 49.3 Å². The molecule has 2 rings (SSSR count). The lowest BCUT2D eigenvalue weighted by Crippen LogP contribution is -1.99. The Hall–Kier alpha value is -0.820. The molecule has 0 aromatic heterocycles. The third kappa shape index (κ3) is 1.75. The molecule has 1 saturated carbocycles. The van der Waals surface area contributed by atoms with Gasteiger partial charge in [-0.05, 0) is 36.3 Å². The van der Waals surface area contributed by atoms with E-state index in [2.05, 4.69) is 18.2 Å². The van der Waals surface area contributed by atoms with Gasteiger partial charge in [0, 0.05) is 0 Å². The number of aliphatic hydroxyl groups excluding tert-OH is 1. The quantitative estimate of drug-likeness (QED) is 0.750. The van der Waals surface area contributed by atoms with Crippen molar-refractivity contribution in [1.82, 2.24) is 0 Å². The van der Waals surface area contributed by atoms with Crippen molar-refractivity contribution in [2.24, 2.45) is 0 Å². The van der Waals surface area contributed by atoms with Crippen molar-refractivity contribution in [1.29, 1.82) is 0 Å². The summed E-state index contributed by atoms with van der Waals surface area (Å²) in [7, 11) is 0. The maximum absolute atomic E-state index is 9.79. The molecule has 1 aromatic rings. The molecule has 0 spiro atoms. The van der Waals surface area contributed by atoms with E-state index in [0.717, 1.165) is 17.9 Å². The van der Waals surface area contributed by atoms with E-state index < -0.39 is 0 Å². The number of rotatable bonds is 3. The number of aliphatic hydroxyl groups is 1. The van der Waals surface area contributed by atoms with Gasteiger partial charge in [-0.15, -0.1) is 0 Å². The average molecular weight is 176 g/mol. The Balaban J connectivity index is 2.31. The third-order valence-corrected chi connectivity index (χ3v) is 2.76. The van der Waals surface area contributed by atoms with Crippen LogP contribution >= 0.6 is 0 Å². The second kappa shape index (κ2) is 3.51. The highest BCUT2D eigenvalue weighted by molar-refractivity contribution is 5.34. The van der Waals surface area contributed by atoms with Crippen LogP contribution in [0.2, 0.25) is 0 Å². The summed E-state index contributed by atoms with van der Waals surface area (Å²) in [4.78, 5) is 0. The molecular formula is C12H16O. The predicted octanol–water partition coefficient (Wildman–Crippen LogP) is 3.01. The molecule has 13 heavy (non-hydrogen) atoms. The average Bonchev–Trinajstić information content (AvgIpc) is 3.00. The number of hydrogen-bond acceptors (Lipinski definition) is 1. The lowest BCUT2D eigenvalue weighted by atomic mass is 9.98. The van der Waals surface area contributed by atoms with Gasteiger partial charge in [0.25, 0.3) is 0 Å². The predicted molar refractivity (Wildman–Crippen MR) is 53.7 cm³/mol. The van der Waals surface area contributed by atoms with Crippen molar-refractivity contribution >= 4 is 0 Å². The number of benzene rings is 1. The van der Waals surface area contributed by atoms with Gasteiger partial charge in [-0.2, -0.15) is 0 Å². The highest BCUT2D eigenvalue weighted by Gasteiger charge is 2.26. The van der Waals surface area contributed by atoms with Gasteiger partial charge in [0.15, 0.2) is 0 Å². The third-order valence-electron chi connectivity index (χ3n) is 2.76. The van der Waals surface area contributed by atoms with Gasteiger partial charge in [0.1, 0.15) is 0 Å². The Labute approximate surface area is 79.4 Å². The van der Waals surface area contributed by atoms with E-state index in [-0.39, 0.29) is 6.10 Å². The molecule has 70 valence electrons. The lowest BCUT2D eigenvalue weighted by Gasteiger charge is -2.13. The van der Waals surface area contributed by atoms with Gasteiger partial charge in [-0.25, -0.2) is 0 Å². The van der Waals surface area contributed by atoms with Gasteiger partial charge in [0.05, 0.1) is 6.10 Å². The van der Waals surface area contributed by atoms with Crippen molar-refractivity contribution in [3.05, 3.63) is 35.4 Å². The van der Waals surface area contributed by atoms with Crippen molar-refractivity contribution in [2.45, 2.75) is 38.2 Å². The first-order chi connectivity index (χ1) is 6.33. The van der Waals surface area contributed by atoms with Crippen molar-refractivity contribution in [3.63, 3.8) is 0 Å². The fourth-order valence-corrected chi connectivity index (χ4v) is 1.80. The molecule has 1 aromatic carbocycles. The lowest BCUT2D eigenvalue weighted by molar-refractivity contribution is 0.172. The highest BCUT2D eigenvalue weighted by atomic mass is 16.3. The van der Waals surface area contributed by atoms with Gasteiger partial charge >= 0.3 is 0 Å². The molecule has 1 fully saturated rings. The SMILES string of the molecule is CCC(O)c1ccccc1C1CC1. The fourth-order valence-electron chi connectivity index (χ4n) is 1.80. The van der Waals surface area contributed by atoms with Crippen molar-refractivity contribution in [2.75, 3.05) is 0 Å². The topological polar surface area (TPSA) is 20.2 Å². The van der Waals surface area contributed by atoms with Crippen LogP contribution in [0.15, 0.2) is 24.3 Å². The van der Waals surface area contributed by atoms with E-state index in [1.165, 1.54) is 18.4 Å². The summed E-state index contributed by atoms with van der Waals surface area (Å²) in [6.07, 6.45) is 3.14. The van der Waals surface area contributed by atoms with Crippen LogP contribution < -0.4 is 0 Å². The van der Waals surface area contributed by atoms with Crippen LogP contribution in [-0.4, -0.2) is 5.11 Å². The second-order valence-electron chi connectivity index (χ2n) is 3.83. The Morgan fingerprint density at radius 2 is 2.08 bits per heavy atom. The van der Waals surface area contributed by atoms with Crippen LogP contribution in [0, 0.1) is 0 Å². The molecular weight excluding hydrogens is 160 g/mol. The Morgan fingerprint density at radius 1 is 1.38 bits per heavy atom. The van der Waals surface area contributed by atoms with E-state index >= 15 is 0 Å². The minimum atomic E-state index is -0.267. The molecule has 0 heterocycles. The molecule has 1 nitrogen and oxygen atoms in total. The molecule has 1 atom stereocenters.